The van der Waals surface area contributed by atoms with Gasteiger partial charge in [-0.2, -0.15) is 0 Å². The van der Waals surface area contributed by atoms with E-state index in [1.807, 2.05) is 12.1 Å². The van der Waals surface area contributed by atoms with Crippen molar-refractivity contribution in [2.45, 2.75) is 6.54 Å². The number of hydrogen-bond donors (Lipinski definition) is 3. The van der Waals surface area contributed by atoms with E-state index in [1.165, 1.54) is 12.1 Å². The van der Waals surface area contributed by atoms with Crippen LogP contribution in [0, 0.1) is 5.82 Å². The van der Waals surface area contributed by atoms with Crippen LogP contribution in [0.15, 0.2) is 53.5 Å². The van der Waals surface area contributed by atoms with Crippen molar-refractivity contribution in [2.24, 2.45) is 10.7 Å². The van der Waals surface area contributed by atoms with Crippen molar-refractivity contribution in [2.75, 3.05) is 44.7 Å². The quantitative estimate of drug-likeness (QED) is 0.286. The Hall–Kier alpha value is -2.89. The molecule has 4 N–H and O–H groups in total. The van der Waals surface area contributed by atoms with E-state index in [2.05, 4.69) is 25.4 Å². The van der Waals surface area contributed by atoms with E-state index >= 15 is 0 Å². The summed E-state index contributed by atoms with van der Waals surface area (Å²) < 4.78 is 13.1. The van der Waals surface area contributed by atoms with Gasteiger partial charge in [-0.05, 0) is 42.0 Å². The van der Waals surface area contributed by atoms with Gasteiger partial charge in [0.25, 0.3) is 5.91 Å². The van der Waals surface area contributed by atoms with E-state index in [0.717, 1.165) is 43.4 Å². The lowest BCUT2D eigenvalue weighted by Crippen LogP contribution is -2.52. The van der Waals surface area contributed by atoms with Gasteiger partial charge in [0.1, 0.15) is 5.82 Å². The van der Waals surface area contributed by atoms with E-state index in [4.69, 9.17) is 5.73 Å². The molecule has 0 radical (unpaired) electrons. The van der Waals surface area contributed by atoms with Crippen LogP contribution in [-0.2, 0) is 11.3 Å². The van der Waals surface area contributed by atoms with Crippen LogP contribution in [0.2, 0.25) is 0 Å². The Kier molecular flexibility index (Phi) is 9.69. The molecule has 3 rings (SSSR count). The number of rotatable bonds is 6. The Bertz CT molecular complexity index is 928. The summed E-state index contributed by atoms with van der Waals surface area (Å²) in [7, 11) is 1.75. The second-order valence-electron chi connectivity index (χ2n) is 7.20. The topological polar surface area (TPSA) is 103 Å². The Morgan fingerprint density at radius 3 is 2.19 bits per heavy atom. The number of guanidine groups is 1. The van der Waals surface area contributed by atoms with Crippen molar-refractivity contribution in [3.8, 4) is 0 Å². The average molecular weight is 554 g/mol. The minimum absolute atomic E-state index is 0. The molecule has 10 heteroatoms. The third-order valence-electron chi connectivity index (χ3n) is 5.07. The first kappa shape index (κ1) is 25.4. The maximum Gasteiger partial charge on any atom is 0.251 e. The molecule has 2 amide bonds. The molecule has 0 unspecified atom stereocenters. The van der Waals surface area contributed by atoms with Crippen molar-refractivity contribution in [1.29, 1.82) is 0 Å². The zero-order valence-corrected chi connectivity index (χ0v) is 20.2. The molecule has 1 aliphatic rings. The number of hydrogen-bond acceptors (Lipinski definition) is 4. The number of benzene rings is 2. The SMILES string of the molecule is CN=C(NCc1ccc(C(=O)NCC(N)=O)cc1)N1CCN(c2ccc(F)cc2)CC1.I. The summed E-state index contributed by atoms with van der Waals surface area (Å²) in [5.41, 5.74) is 7.51. The van der Waals surface area contributed by atoms with Crippen LogP contribution in [0.4, 0.5) is 10.1 Å². The van der Waals surface area contributed by atoms with Gasteiger partial charge in [0.15, 0.2) is 5.96 Å². The number of amides is 2. The van der Waals surface area contributed by atoms with Gasteiger partial charge in [0.2, 0.25) is 5.91 Å². The van der Waals surface area contributed by atoms with Crippen molar-refractivity contribution in [3.63, 3.8) is 0 Å². The van der Waals surface area contributed by atoms with Crippen LogP contribution < -0.4 is 21.3 Å². The van der Waals surface area contributed by atoms with E-state index in [9.17, 15) is 14.0 Å². The minimum Gasteiger partial charge on any atom is -0.368 e. The standard InChI is InChI=1S/C22H27FN6O2.HI/c1-25-22(29-12-10-28(11-13-29)19-8-6-18(23)7-9-19)27-14-16-2-4-17(5-3-16)21(31)26-15-20(24)30;/h2-9H,10-15H2,1H3,(H2,24,30)(H,25,27)(H,26,31);1H. The first-order valence-corrected chi connectivity index (χ1v) is 10.1. The number of anilines is 1. The molecule has 1 heterocycles. The second kappa shape index (κ2) is 12.2. The Labute approximate surface area is 204 Å². The summed E-state index contributed by atoms with van der Waals surface area (Å²) in [4.78, 5) is 31.5. The van der Waals surface area contributed by atoms with Gasteiger partial charge in [-0.15, -0.1) is 24.0 Å². The smallest absolute Gasteiger partial charge is 0.251 e. The number of nitrogens with one attached hydrogen (secondary N) is 2. The molecule has 0 spiro atoms. The van der Waals surface area contributed by atoms with Crippen LogP contribution in [0.1, 0.15) is 15.9 Å². The molecule has 0 atom stereocenters. The lowest BCUT2D eigenvalue weighted by molar-refractivity contribution is -0.117. The summed E-state index contributed by atoms with van der Waals surface area (Å²) in [6, 6.07) is 13.7. The van der Waals surface area contributed by atoms with E-state index in [1.54, 1.807) is 31.3 Å². The molecule has 172 valence electrons. The summed E-state index contributed by atoms with van der Waals surface area (Å²) in [6.45, 7) is 3.62. The number of carbonyl (C=O) groups excluding carboxylic acids is 2. The molecule has 2 aromatic carbocycles. The molecule has 32 heavy (non-hydrogen) atoms. The Morgan fingerprint density at radius 1 is 1.00 bits per heavy atom. The fraction of sp³-hybridized carbons (Fsp3) is 0.318. The van der Waals surface area contributed by atoms with Crippen molar-refractivity contribution in [1.82, 2.24) is 15.5 Å². The van der Waals surface area contributed by atoms with E-state index in [0.29, 0.717) is 12.1 Å². The predicted molar refractivity (Wildman–Crippen MR) is 134 cm³/mol. The van der Waals surface area contributed by atoms with Crippen molar-refractivity contribution < 1.29 is 14.0 Å². The lowest BCUT2D eigenvalue weighted by Gasteiger charge is -2.37. The molecule has 0 aliphatic carbocycles. The highest BCUT2D eigenvalue weighted by Gasteiger charge is 2.19. The number of nitrogens with zero attached hydrogens (tertiary/aromatic N) is 3. The molecule has 1 aliphatic heterocycles. The Morgan fingerprint density at radius 2 is 1.62 bits per heavy atom. The summed E-state index contributed by atoms with van der Waals surface area (Å²) >= 11 is 0. The van der Waals surface area contributed by atoms with Crippen LogP contribution in [0.5, 0.6) is 0 Å². The monoisotopic (exact) mass is 554 g/mol. The second-order valence-corrected chi connectivity index (χ2v) is 7.20. The largest absolute Gasteiger partial charge is 0.368 e. The summed E-state index contributed by atoms with van der Waals surface area (Å²) in [5, 5.41) is 5.81. The highest BCUT2D eigenvalue weighted by atomic mass is 127. The molecule has 0 aromatic heterocycles. The normalized spacial score (nSPS) is 13.9. The van der Waals surface area contributed by atoms with Gasteiger partial charge in [-0.1, -0.05) is 12.1 Å². The van der Waals surface area contributed by atoms with Gasteiger partial charge < -0.3 is 26.2 Å². The number of nitrogens with two attached hydrogens (primary N) is 1. The molecular formula is C22H28FIN6O2. The fourth-order valence-corrected chi connectivity index (χ4v) is 3.39. The molecule has 1 saturated heterocycles. The van der Waals surface area contributed by atoms with Crippen LogP contribution in [0.25, 0.3) is 0 Å². The molecule has 2 aromatic rings. The third kappa shape index (κ3) is 7.08. The number of aliphatic imine (C=N–C) groups is 1. The molecule has 0 bridgehead atoms. The number of piperazine rings is 1. The Balaban J connectivity index is 0.00000363. The average Bonchev–Trinajstić information content (AvgIpc) is 2.79. The first-order chi connectivity index (χ1) is 15.0. The third-order valence-corrected chi connectivity index (χ3v) is 5.07. The van der Waals surface area contributed by atoms with Crippen LogP contribution >= 0.6 is 24.0 Å². The molecule has 8 nitrogen and oxygen atoms in total. The lowest BCUT2D eigenvalue weighted by atomic mass is 10.1. The zero-order valence-electron chi connectivity index (χ0n) is 17.9. The van der Waals surface area contributed by atoms with Gasteiger partial charge in [-0.3, -0.25) is 14.6 Å². The van der Waals surface area contributed by atoms with Crippen LogP contribution in [-0.4, -0.2) is 62.4 Å². The van der Waals surface area contributed by atoms with Crippen LogP contribution in [0.3, 0.4) is 0 Å². The number of halogens is 2. The summed E-state index contributed by atoms with van der Waals surface area (Å²) in [5.74, 6) is -0.347. The molecule has 1 fully saturated rings. The number of carbonyl (C=O) groups is 2. The zero-order chi connectivity index (χ0) is 22.2. The number of primary amides is 1. The van der Waals surface area contributed by atoms with E-state index in [-0.39, 0.29) is 42.2 Å². The minimum atomic E-state index is -0.584. The van der Waals surface area contributed by atoms with E-state index < -0.39 is 5.91 Å². The summed E-state index contributed by atoms with van der Waals surface area (Å²) in [6.07, 6.45) is 0. The molecule has 0 saturated carbocycles. The predicted octanol–water partition coefficient (Wildman–Crippen LogP) is 1.56. The van der Waals surface area contributed by atoms with Gasteiger partial charge in [0, 0.05) is 51.0 Å². The first-order valence-electron chi connectivity index (χ1n) is 10.1. The maximum absolute atomic E-state index is 13.1. The fourth-order valence-electron chi connectivity index (χ4n) is 3.39. The highest BCUT2D eigenvalue weighted by Crippen LogP contribution is 2.17. The van der Waals surface area contributed by atoms with Gasteiger partial charge in [-0.25, -0.2) is 4.39 Å². The van der Waals surface area contributed by atoms with Crippen molar-refractivity contribution in [3.05, 3.63) is 65.5 Å². The van der Waals surface area contributed by atoms with Gasteiger partial charge >= 0.3 is 0 Å². The maximum atomic E-state index is 13.1. The highest BCUT2D eigenvalue weighted by molar-refractivity contribution is 14.0. The van der Waals surface area contributed by atoms with Crippen molar-refractivity contribution >= 4 is 47.4 Å². The van der Waals surface area contributed by atoms with Gasteiger partial charge in [0.05, 0.1) is 6.54 Å². The molecular weight excluding hydrogens is 526 g/mol.